The number of nitrogens with one attached hydrogen (secondary N) is 1. The molecule has 0 aliphatic rings. The van der Waals surface area contributed by atoms with Crippen LogP contribution in [0.5, 0.6) is 0 Å². The second kappa shape index (κ2) is 3.75. The van der Waals surface area contributed by atoms with Crippen LogP contribution >= 0.6 is 15.9 Å². The Kier molecular flexibility index (Phi) is 2.45. The van der Waals surface area contributed by atoms with Crippen molar-refractivity contribution in [2.24, 2.45) is 0 Å². The van der Waals surface area contributed by atoms with E-state index in [0.717, 1.165) is 21.1 Å². The lowest BCUT2D eigenvalue weighted by Gasteiger charge is -2.05. The Balaban J connectivity index is 2.68. The minimum atomic E-state index is 0.655. The van der Waals surface area contributed by atoms with E-state index in [1.54, 1.807) is 6.20 Å². The van der Waals surface area contributed by atoms with Gasteiger partial charge in [-0.05, 0) is 34.1 Å². The van der Waals surface area contributed by atoms with Crippen molar-refractivity contribution in [1.82, 2.24) is 4.98 Å². The first-order chi connectivity index (χ1) is 6.83. The summed E-state index contributed by atoms with van der Waals surface area (Å²) in [4.78, 5) is 14.5. The average molecular weight is 251 g/mol. The van der Waals surface area contributed by atoms with Gasteiger partial charge in [-0.15, -0.1) is 0 Å². The molecule has 3 nitrogen and oxygen atoms in total. The number of rotatable bonds is 2. The fraction of sp³-hybridized carbons (Fsp3) is 0. The molecule has 2 rings (SSSR count). The second-order valence-electron chi connectivity index (χ2n) is 2.76. The average Bonchev–Trinajstić information content (AvgIpc) is 2.23. The van der Waals surface area contributed by atoms with Crippen LogP contribution in [0.4, 0.5) is 5.69 Å². The Morgan fingerprint density at radius 1 is 1.36 bits per heavy atom. The molecule has 0 aliphatic heterocycles. The number of aromatic nitrogens is 1. The SMILES string of the molecule is O=CNc1ccc2ncccc2c1Br. The van der Waals surface area contributed by atoms with Gasteiger partial charge in [0.25, 0.3) is 0 Å². The number of hydrogen-bond donors (Lipinski definition) is 1. The number of anilines is 1. The molecule has 0 unspecified atom stereocenters. The molecule has 0 radical (unpaired) electrons. The lowest BCUT2D eigenvalue weighted by atomic mass is 10.2. The molecule has 1 N–H and O–H groups in total. The van der Waals surface area contributed by atoms with Gasteiger partial charge < -0.3 is 5.32 Å². The molecule has 1 aromatic carbocycles. The Labute approximate surface area is 89.3 Å². The van der Waals surface area contributed by atoms with Crippen molar-refractivity contribution in [3.8, 4) is 0 Å². The van der Waals surface area contributed by atoms with Gasteiger partial charge in [-0.2, -0.15) is 0 Å². The van der Waals surface area contributed by atoms with Gasteiger partial charge in [0, 0.05) is 11.6 Å². The van der Waals surface area contributed by atoms with Crippen molar-refractivity contribution >= 4 is 38.9 Å². The van der Waals surface area contributed by atoms with Crippen molar-refractivity contribution in [3.05, 3.63) is 34.9 Å². The number of pyridine rings is 1. The monoisotopic (exact) mass is 250 g/mol. The fourth-order valence-electron chi connectivity index (χ4n) is 1.29. The third kappa shape index (κ3) is 1.48. The summed E-state index contributed by atoms with van der Waals surface area (Å²) in [6.07, 6.45) is 2.39. The molecule has 2 aromatic rings. The van der Waals surface area contributed by atoms with Gasteiger partial charge in [0.2, 0.25) is 6.41 Å². The van der Waals surface area contributed by atoms with E-state index in [1.165, 1.54) is 0 Å². The number of hydrogen-bond acceptors (Lipinski definition) is 2. The van der Waals surface area contributed by atoms with Crippen LogP contribution in [0.15, 0.2) is 34.9 Å². The van der Waals surface area contributed by atoms with E-state index in [-0.39, 0.29) is 0 Å². The molecule has 4 heteroatoms. The molecule has 0 aliphatic carbocycles. The number of carbonyl (C=O) groups excluding carboxylic acids is 1. The first-order valence-corrected chi connectivity index (χ1v) is 4.85. The summed E-state index contributed by atoms with van der Waals surface area (Å²) >= 11 is 3.42. The highest BCUT2D eigenvalue weighted by molar-refractivity contribution is 9.10. The van der Waals surface area contributed by atoms with E-state index >= 15 is 0 Å². The molecule has 1 amide bonds. The van der Waals surface area contributed by atoms with Crippen molar-refractivity contribution in [2.45, 2.75) is 0 Å². The van der Waals surface area contributed by atoms with Crippen molar-refractivity contribution < 1.29 is 4.79 Å². The van der Waals surface area contributed by atoms with E-state index in [4.69, 9.17) is 0 Å². The minimum absolute atomic E-state index is 0.655. The van der Waals surface area contributed by atoms with E-state index in [0.29, 0.717) is 6.41 Å². The van der Waals surface area contributed by atoms with Gasteiger partial charge in [-0.25, -0.2) is 0 Å². The highest BCUT2D eigenvalue weighted by Crippen LogP contribution is 2.29. The van der Waals surface area contributed by atoms with Crippen molar-refractivity contribution in [3.63, 3.8) is 0 Å². The standard InChI is InChI=1S/C10H7BrN2O/c11-10-7-2-1-5-12-8(7)3-4-9(10)13-6-14/h1-6H,(H,13,14). The van der Waals surface area contributed by atoms with E-state index in [2.05, 4.69) is 26.2 Å². The number of fused-ring (bicyclic) bond motifs is 1. The first-order valence-electron chi connectivity index (χ1n) is 4.06. The molecule has 0 spiro atoms. The first kappa shape index (κ1) is 9.15. The van der Waals surface area contributed by atoms with Crippen molar-refractivity contribution in [2.75, 3.05) is 5.32 Å². The molecule has 14 heavy (non-hydrogen) atoms. The lowest BCUT2D eigenvalue weighted by molar-refractivity contribution is -0.105. The fourth-order valence-corrected chi connectivity index (χ4v) is 1.87. The molecule has 70 valence electrons. The highest BCUT2D eigenvalue weighted by Gasteiger charge is 2.03. The Hall–Kier alpha value is -1.42. The number of nitrogens with zero attached hydrogens (tertiary/aromatic N) is 1. The van der Waals surface area contributed by atoms with Gasteiger partial charge in [-0.1, -0.05) is 6.07 Å². The summed E-state index contributed by atoms with van der Waals surface area (Å²) in [5.74, 6) is 0. The number of halogens is 1. The molecule has 0 saturated carbocycles. The summed E-state index contributed by atoms with van der Waals surface area (Å²) in [6, 6.07) is 7.49. The zero-order chi connectivity index (χ0) is 9.97. The van der Waals surface area contributed by atoms with Gasteiger partial charge in [0.05, 0.1) is 15.7 Å². The number of benzene rings is 1. The van der Waals surface area contributed by atoms with Crippen LogP contribution in [-0.2, 0) is 4.79 Å². The number of carbonyl (C=O) groups is 1. The predicted octanol–water partition coefficient (Wildman–Crippen LogP) is 2.57. The molecule has 1 heterocycles. The topological polar surface area (TPSA) is 42.0 Å². The van der Waals surface area contributed by atoms with Crippen LogP contribution in [0.2, 0.25) is 0 Å². The highest BCUT2D eigenvalue weighted by atomic mass is 79.9. The van der Waals surface area contributed by atoms with E-state index in [9.17, 15) is 4.79 Å². The zero-order valence-corrected chi connectivity index (χ0v) is 8.78. The normalized spacial score (nSPS) is 10.1. The quantitative estimate of drug-likeness (QED) is 0.833. The lowest BCUT2D eigenvalue weighted by Crippen LogP contribution is -1.95. The summed E-state index contributed by atoms with van der Waals surface area (Å²) in [7, 11) is 0. The van der Waals surface area contributed by atoms with Gasteiger partial charge in [-0.3, -0.25) is 9.78 Å². The van der Waals surface area contributed by atoms with Crippen LogP contribution in [-0.4, -0.2) is 11.4 Å². The zero-order valence-electron chi connectivity index (χ0n) is 7.20. The Bertz CT molecular complexity index is 485. The Morgan fingerprint density at radius 3 is 3.00 bits per heavy atom. The summed E-state index contributed by atoms with van der Waals surface area (Å²) in [5.41, 5.74) is 1.65. The molecular formula is C10H7BrN2O. The van der Waals surface area contributed by atoms with Gasteiger partial charge in [0.1, 0.15) is 0 Å². The van der Waals surface area contributed by atoms with Crippen molar-refractivity contribution in [1.29, 1.82) is 0 Å². The second-order valence-corrected chi connectivity index (χ2v) is 3.55. The number of amides is 1. The predicted molar refractivity (Wildman–Crippen MR) is 59.1 cm³/mol. The third-order valence-electron chi connectivity index (χ3n) is 1.93. The summed E-state index contributed by atoms with van der Waals surface area (Å²) < 4.78 is 0.857. The Morgan fingerprint density at radius 2 is 2.21 bits per heavy atom. The summed E-state index contributed by atoms with van der Waals surface area (Å²) in [5, 5.41) is 3.60. The molecule has 0 fully saturated rings. The molecule has 0 saturated heterocycles. The molecule has 1 aromatic heterocycles. The van der Waals surface area contributed by atoms with Crippen LogP contribution in [0, 0.1) is 0 Å². The maximum Gasteiger partial charge on any atom is 0.211 e. The summed E-state index contributed by atoms with van der Waals surface area (Å²) in [6.45, 7) is 0. The smallest absolute Gasteiger partial charge is 0.211 e. The third-order valence-corrected chi connectivity index (χ3v) is 2.79. The minimum Gasteiger partial charge on any atom is -0.328 e. The maximum absolute atomic E-state index is 10.3. The van der Waals surface area contributed by atoms with Gasteiger partial charge >= 0.3 is 0 Å². The van der Waals surface area contributed by atoms with Crippen LogP contribution in [0.25, 0.3) is 10.9 Å². The van der Waals surface area contributed by atoms with Gasteiger partial charge in [0.15, 0.2) is 0 Å². The largest absolute Gasteiger partial charge is 0.328 e. The van der Waals surface area contributed by atoms with Crippen LogP contribution < -0.4 is 5.32 Å². The van der Waals surface area contributed by atoms with E-state index < -0.39 is 0 Å². The molecular weight excluding hydrogens is 244 g/mol. The maximum atomic E-state index is 10.3. The van der Waals surface area contributed by atoms with E-state index in [1.807, 2.05) is 24.3 Å². The molecule has 0 atom stereocenters. The van der Waals surface area contributed by atoms with Crippen LogP contribution in [0.1, 0.15) is 0 Å². The van der Waals surface area contributed by atoms with Crippen LogP contribution in [0.3, 0.4) is 0 Å². The molecule has 0 bridgehead atoms.